The molecule has 5 nitrogen and oxygen atoms in total. The van der Waals surface area contributed by atoms with E-state index in [4.69, 9.17) is 5.11 Å². The highest BCUT2D eigenvalue weighted by atomic mass is 16.5. The van der Waals surface area contributed by atoms with Crippen LogP contribution in [-0.2, 0) is 19.1 Å². The largest absolute Gasteiger partial charge is 0.478 e. The maximum atomic E-state index is 10.4. The zero-order valence-corrected chi connectivity index (χ0v) is 5.52. The highest BCUT2D eigenvalue weighted by Gasteiger charge is 1.95. The van der Waals surface area contributed by atoms with E-state index < -0.39 is 11.9 Å². The van der Waals surface area contributed by atoms with E-state index in [9.17, 15) is 14.4 Å². The Bertz CT molecular complexity index is 193. The summed E-state index contributed by atoms with van der Waals surface area (Å²) in [6.45, 7) is -0.358. The Morgan fingerprint density at radius 1 is 1.36 bits per heavy atom. The minimum absolute atomic E-state index is 0.358. The van der Waals surface area contributed by atoms with E-state index in [2.05, 4.69) is 4.74 Å². The lowest BCUT2D eigenvalue weighted by Crippen LogP contribution is -2.03. The van der Waals surface area contributed by atoms with Crippen LogP contribution in [0.2, 0.25) is 0 Å². The van der Waals surface area contributed by atoms with Crippen molar-refractivity contribution in [2.24, 2.45) is 0 Å². The minimum Gasteiger partial charge on any atom is -0.478 e. The number of hydrogen-bond donors (Lipinski definition) is 1. The first-order valence-corrected chi connectivity index (χ1v) is 2.68. The third-order valence-corrected chi connectivity index (χ3v) is 0.656. The highest BCUT2D eigenvalue weighted by molar-refractivity contribution is 5.91. The topological polar surface area (TPSA) is 80.7 Å². The van der Waals surface area contributed by atoms with Crippen molar-refractivity contribution in [2.45, 2.75) is 0 Å². The molecule has 0 aliphatic rings. The van der Waals surface area contributed by atoms with Gasteiger partial charge in [-0.2, -0.15) is 0 Å². The molecule has 0 aromatic carbocycles. The van der Waals surface area contributed by atoms with Crippen LogP contribution in [0.1, 0.15) is 0 Å². The number of carboxylic acid groups (broad SMARTS) is 1. The van der Waals surface area contributed by atoms with Gasteiger partial charge in [0.2, 0.25) is 0 Å². The van der Waals surface area contributed by atoms with E-state index in [1.54, 1.807) is 0 Å². The smallest absolute Gasteiger partial charge is 0.331 e. The number of carbonyl (C=O) groups is 3. The third-order valence-electron chi connectivity index (χ3n) is 0.656. The van der Waals surface area contributed by atoms with Crippen LogP contribution in [0, 0.1) is 0 Å². The Hall–Kier alpha value is -1.65. The number of aldehydes is 1. The monoisotopic (exact) mass is 158 g/mol. The number of hydrogen-bond acceptors (Lipinski definition) is 4. The lowest BCUT2D eigenvalue weighted by Gasteiger charge is -1.91. The first-order chi connectivity index (χ1) is 5.16. The van der Waals surface area contributed by atoms with Crippen molar-refractivity contribution in [1.29, 1.82) is 0 Å². The Morgan fingerprint density at radius 2 is 2.00 bits per heavy atom. The fourth-order valence-corrected chi connectivity index (χ4v) is 0.304. The van der Waals surface area contributed by atoms with Crippen molar-refractivity contribution in [3.05, 3.63) is 12.2 Å². The van der Waals surface area contributed by atoms with Crippen LogP contribution >= 0.6 is 0 Å². The first-order valence-electron chi connectivity index (χ1n) is 2.68. The summed E-state index contributed by atoms with van der Waals surface area (Å²) in [5.41, 5.74) is 0. The van der Waals surface area contributed by atoms with Crippen LogP contribution in [-0.4, -0.2) is 29.9 Å². The molecule has 0 rings (SSSR count). The average molecular weight is 158 g/mol. The minimum atomic E-state index is -1.24. The molecule has 0 fully saturated rings. The summed E-state index contributed by atoms with van der Waals surface area (Å²) in [5, 5.41) is 8.02. The summed E-state index contributed by atoms with van der Waals surface area (Å²) < 4.78 is 4.18. The number of esters is 1. The number of carboxylic acids is 1. The summed E-state index contributed by atoms with van der Waals surface area (Å²) in [5.74, 6) is -2.09. The van der Waals surface area contributed by atoms with Gasteiger partial charge in [-0.15, -0.1) is 0 Å². The molecule has 0 aliphatic carbocycles. The summed E-state index contributed by atoms with van der Waals surface area (Å²) in [6.07, 6.45) is 1.76. The van der Waals surface area contributed by atoms with Crippen LogP contribution in [0.4, 0.5) is 0 Å². The van der Waals surface area contributed by atoms with Crippen LogP contribution in [0.15, 0.2) is 12.2 Å². The zero-order valence-electron chi connectivity index (χ0n) is 5.52. The molecule has 0 amide bonds. The molecule has 5 heteroatoms. The number of rotatable bonds is 4. The standard InChI is InChI=1S/C6H6O5/c7-3-4-11-6(10)2-1-5(8)9/h1-3H,4H2,(H,8,9). The summed E-state index contributed by atoms with van der Waals surface area (Å²) in [6, 6.07) is 0. The molecule has 0 heterocycles. The van der Waals surface area contributed by atoms with Crippen molar-refractivity contribution in [1.82, 2.24) is 0 Å². The van der Waals surface area contributed by atoms with Gasteiger partial charge in [-0.25, -0.2) is 9.59 Å². The molecular weight excluding hydrogens is 152 g/mol. The van der Waals surface area contributed by atoms with Gasteiger partial charge in [0.05, 0.1) is 0 Å². The van der Waals surface area contributed by atoms with Gasteiger partial charge in [0, 0.05) is 12.2 Å². The molecule has 0 atom stereocenters. The fraction of sp³-hybridized carbons (Fsp3) is 0.167. The molecule has 0 spiro atoms. The Kier molecular flexibility index (Phi) is 4.39. The molecule has 0 radical (unpaired) electrons. The first kappa shape index (κ1) is 9.35. The van der Waals surface area contributed by atoms with E-state index in [0.29, 0.717) is 12.4 Å². The Morgan fingerprint density at radius 3 is 2.45 bits per heavy atom. The van der Waals surface area contributed by atoms with Crippen molar-refractivity contribution in [3.63, 3.8) is 0 Å². The Labute approximate surface area is 62.3 Å². The van der Waals surface area contributed by atoms with Gasteiger partial charge in [0.15, 0.2) is 6.29 Å². The predicted molar refractivity (Wildman–Crippen MR) is 33.8 cm³/mol. The van der Waals surface area contributed by atoms with Gasteiger partial charge in [-0.3, -0.25) is 4.79 Å². The second-order valence-electron chi connectivity index (χ2n) is 1.47. The number of aliphatic carboxylic acids is 1. The molecule has 0 saturated heterocycles. The number of carbonyl (C=O) groups excluding carboxylic acids is 2. The molecule has 0 aliphatic heterocycles. The van der Waals surface area contributed by atoms with E-state index in [-0.39, 0.29) is 6.61 Å². The average Bonchev–Trinajstić information content (AvgIpc) is 1.97. The van der Waals surface area contributed by atoms with Gasteiger partial charge >= 0.3 is 11.9 Å². The molecule has 11 heavy (non-hydrogen) atoms. The molecule has 0 saturated carbocycles. The molecular formula is C6H6O5. The molecule has 1 N–H and O–H groups in total. The van der Waals surface area contributed by atoms with Crippen molar-refractivity contribution >= 4 is 18.2 Å². The molecule has 0 unspecified atom stereocenters. The van der Waals surface area contributed by atoms with Gasteiger partial charge in [0.1, 0.15) is 6.61 Å². The number of ether oxygens (including phenoxy) is 1. The molecule has 0 bridgehead atoms. The van der Waals surface area contributed by atoms with E-state index >= 15 is 0 Å². The second-order valence-corrected chi connectivity index (χ2v) is 1.47. The summed E-state index contributed by atoms with van der Waals surface area (Å²) in [4.78, 5) is 29.8. The third kappa shape index (κ3) is 6.23. The molecule has 60 valence electrons. The maximum absolute atomic E-state index is 10.4. The normalized spacial score (nSPS) is 9.45. The quantitative estimate of drug-likeness (QED) is 0.334. The predicted octanol–water partition coefficient (Wildman–Crippen LogP) is -0.631. The van der Waals surface area contributed by atoms with Gasteiger partial charge < -0.3 is 9.84 Å². The molecule has 0 aromatic heterocycles. The van der Waals surface area contributed by atoms with Crippen LogP contribution in [0.25, 0.3) is 0 Å². The SMILES string of the molecule is O=CCOC(=O)C=CC(=O)O. The van der Waals surface area contributed by atoms with Gasteiger partial charge in [-0.05, 0) is 0 Å². The van der Waals surface area contributed by atoms with E-state index in [1.807, 2.05) is 0 Å². The summed E-state index contributed by atoms with van der Waals surface area (Å²) in [7, 11) is 0. The molecule has 0 aromatic rings. The van der Waals surface area contributed by atoms with E-state index in [0.717, 1.165) is 6.08 Å². The fourth-order valence-electron chi connectivity index (χ4n) is 0.304. The van der Waals surface area contributed by atoms with Crippen molar-refractivity contribution in [2.75, 3.05) is 6.61 Å². The lowest BCUT2D eigenvalue weighted by molar-refractivity contribution is -0.140. The zero-order chi connectivity index (χ0) is 8.69. The highest BCUT2D eigenvalue weighted by Crippen LogP contribution is 1.79. The van der Waals surface area contributed by atoms with Gasteiger partial charge in [0.25, 0.3) is 0 Å². The second kappa shape index (κ2) is 5.16. The van der Waals surface area contributed by atoms with Crippen LogP contribution in [0.3, 0.4) is 0 Å². The maximum Gasteiger partial charge on any atom is 0.331 e. The van der Waals surface area contributed by atoms with Gasteiger partial charge in [-0.1, -0.05) is 0 Å². The van der Waals surface area contributed by atoms with Crippen LogP contribution < -0.4 is 0 Å². The van der Waals surface area contributed by atoms with E-state index in [1.165, 1.54) is 0 Å². The summed E-state index contributed by atoms with van der Waals surface area (Å²) >= 11 is 0. The van der Waals surface area contributed by atoms with Crippen molar-refractivity contribution < 1.29 is 24.2 Å². The Balaban J connectivity index is 3.68. The lowest BCUT2D eigenvalue weighted by atomic mass is 10.5. The van der Waals surface area contributed by atoms with Crippen LogP contribution in [0.5, 0.6) is 0 Å². The van der Waals surface area contributed by atoms with Crippen molar-refractivity contribution in [3.8, 4) is 0 Å².